The van der Waals surface area contributed by atoms with Gasteiger partial charge in [0.15, 0.2) is 11.6 Å². The zero-order valence-electron chi connectivity index (χ0n) is 15.7. The van der Waals surface area contributed by atoms with Crippen molar-refractivity contribution in [2.24, 2.45) is 5.73 Å². The number of nitrogens with one attached hydrogen (secondary N) is 2. The Hall–Kier alpha value is -3.42. The van der Waals surface area contributed by atoms with Gasteiger partial charge >= 0.3 is 0 Å². The van der Waals surface area contributed by atoms with E-state index in [0.29, 0.717) is 16.8 Å². The van der Waals surface area contributed by atoms with Gasteiger partial charge in [-0.2, -0.15) is 0 Å². The molecule has 28 heavy (non-hydrogen) atoms. The molecule has 2 amide bonds. The number of fused-ring (bicyclic) bond motifs is 1. The van der Waals surface area contributed by atoms with E-state index in [2.05, 4.69) is 15.3 Å². The SMILES string of the molecule is CC(C)(C)NC(=O)C(C(N)=O)c1ccc(Oc2ccnc3[nH]ccc23)c(F)c1. The fourth-order valence-corrected chi connectivity index (χ4v) is 2.81. The predicted octanol–water partition coefficient (Wildman–Crippen LogP) is 2.98. The average molecular weight is 384 g/mol. The molecule has 1 atom stereocenters. The second-order valence-corrected chi connectivity index (χ2v) is 7.42. The van der Waals surface area contributed by atoms with Crippen LogP contribution in [0.2, 0.25) is 0 Å². The van der Waals surface area contributed by atoms with Crippen molar-refractivity contribution in [2.75, 3.05) is 0 Å². The summed E-state index contributed by atoms with van der Waals surface area (Å²) >= 11 is 0. The number of nitrogens with two attached hydrogens (primary N) is 1. The van der Waals surface area contributed by atoms with Gasteiger partial charge < -0.3 is 20.8 Å². The van der Waals surface area contributed by atoms with E-state index in [4.69, 9.17) is 10.5 Å². The molecule has 0 radical (unpaired) electrons. The van der Waals surface area contributed by atoms with Gasteiger partial charge in [0.2, 0.25) is 11.8 Å². The van der Waals surface area contributed by atoms with Crippen LogP contribution >= 0.6 is 0 Å². The summed E-state index contributed by atoms with van der Waals surface area (Å²) in [5, 5.41) is 3.39. The van der Waals surface area contributed by atoms with Crippen LogP contribution in [0.5, 0.6) is 11.5 Å². The molecule has 0 aliphatic rings. The number of aromatic nitrogens is 2. The Morgan fingerprint density at radius 1 is 1.21 bits per heavy atom. The van der Waals surface area contributed by atoms with E-state index in [1.165, 1.54) is 12.1 Å². The molecule has 146 valence electrons. The lowest BCUT2D eigenvalue weighted by Gasteiger charge is -2.24. The van der Waals surface area contributed by atoms with Crippen LogP contribution in [0.15, 0.2) is 42.7 Å². The van der Waals surface area contributed by atoms with Gasteiger partial charge in [0.25, 0.3) is 0 Å². The van der Waals surface area contributed by atoms with Crippen molar-refractivity contribution in [1.29, 1.82) is 0 Å². The molecule has 1 unspecified atom stereocenters. The highest BCUT2D eigenvalue weighted by molar-refractivity contribution is 6.05. The van der Waals surface area contributed by atoms with Crippen LogP contribution in [-0.4, -0.2) is 27.3 Å². The number of rotatable bonds is 5. The van der Waals surface area contributed by atoms with E-state index in [9.17, 15) is 14.0 Å². The largest absolute Gasteiger partial charge is 0.453 e. The minimum Gasteiger partial charge on any atom is -0.453 e. The third kappa shape index (κ3) is 4.11. The number of carbonyl (C=O) groups excluding carboxylic acids is 2. The Morgan fingerprint density at radius 3 is 2.61 bits per heavy atom. The summed E-state index contributed by atoms with van der Waals surface area (Å²) in [5.41, 5.74) is 5.59. The van der Waals surface area contributed by atoms with Crippen molar-refractivity contribution in [1.82, 2.24) is 15.3 Å². The second-order valence-electron chi connectivity index (χ2n) is 7.42. The van der Waals surface area contributed by atoms with Crippen LogP contribution in [0.4, 0.5) is 4.39 Å². The molecule has 0 aliphatic heterocycles. The van der Waals surface area contributed by atoms with Crippen LogP contribution in [0.3, 0.4) is 0 Å². The molecule has 3 rings (SSSR count). The maximum Gasteiger partial charge on any atom is 0.237 e. The summed E-state index contributed by atoms with van der Waals surface area (Å²) in [6, 6.07) is 7.29. The average Bonchev–Trinajstić information content (AvgIpc) is 3.05. The van der Waals surface area contributed by atoms with Gasteiger partial charge in [0.1, 0.15) is 17.3 Å². The minimum absolute atomic E-state index is 0.0445. The molecule has 4 N–H and O–H groups in total. The smallest absolute Gasteiger partial charge is 0.237 e. The van der Waals surface area contributed by atoms with Crippen molar-refractivity contribution in [3.05, 3.63) is 54.1 Å². The number of hydrogen-bond acceptors (Lipinski definition) is 4. The third-order valence-electron chi connectivity index (χ3n) is 3.97. The highest BCUT2D eigenvalue weighted by Crippen LogP contribution is 2.31. The zero-order chi connectivity index (χ0) is 20.5. The first-order valence-electron chi connectivity index (χ1n) is 8.66. The molecule has 0 spiro atoms. The Morgan fingerprint density at radius 2 is 1.96 bits per heavy atom. The third-order valence-corrected chi connectivity index (χ3v) is 3.97. The van der Waals surface area contributed by atoms with Crippen LogP contribution in [0.1, 0.15) is 32.3 Å². The van der Waals surface area contributed by atoms with Gasteiger partial charge in [-0.1, -0.05) is 6.07 Å². The highest BCUT2D eigenvalue weighted by atomic mass is 19.1. The second kappa shape index (κ2) is 7.30. The summed E-state index contributed by atoms with van der Waals surface area (Å²) < 4.78 is 20.3. The van der Waals surface area contributed by atoms with Crippen molar-refractivity contribution in [2.45, 2.75) is 32.2 Å². The Bertz CT molecular complexity index is 1040. The van der Waals surface area contributed by atoms with Gasteiger partial charge in [-0.15, -0.1) is 0 Å². The van der Waals surface area contributed by atoms with Gasteiger partial charge in [0.05, 0.1) is 5.39 Å². The summed E-state index contributed by atoms with van der Waals surface area (Å²) in [6.45, 7) is 5.32. The van der Waals surface area contributed by atoms with Crippen molar-refractivity contribution < 1.29 is 18.7 Å². The molecule has 0 saturated heterocycles. The number of hydrogen-bond donors (Lipinski definition) is 3. The number of halogens is 1. The number of carbonyl (C=O) groups is 2. The summed E-state index contributed by atoms with van der Waals surface area (Å²) in [7, 11) is 0. The lowest BCUT2D eigenvalue weighted by atomic mass is 9.95. The van der Waals surface area contributed by atoms with E-state index in [0.717, 1.165) is 6.07 Å². The van der Waals surface area contributed by atoms with E-state index in [-0.39, 0.29) is 11.3 Å². The zero-order valence-corrected chi connectivity index (χ0v) is 15.7. The molecule has 0 saturated carbocycles. The fraction of sp³-hybridized carbons (Fsp3) is 0.250. The molecule has 7 nitrogen and oxygen atoms in total. The molecular weight excluding hydrogens is 363 g/mol. The van der Waals surface area contributed by atoms with Crippen molar-refractivity contribution in [3.63, 3.8) is 0 Å². The first-order valence-corrected chi connectivity index (χ1v) is 8.66. The van der Waals surface area contributed by atoms with Crippen molar-refractivity contribution >= 4 is 22.8 Å². The Balaban J connectivity index is 1.89. The molecule has 0 bridgehead atoms. The Labute approximate surface area is 161 Å². The monoisotopic (exact) mass is 384 g/mol. The van der Waals surface area contributed by atoms with Gasteiger partial charge in [-0.3, -0.25) is 9.59 Å². The number of amides is 2. The topological polar surface area (TPSA) is 110 Å². The van der Waals surface area contributed by atoms with E-state index >= 15 is 0 Å². The number of benzene rings is 1. The first kappa shape index (κ1) is 19.3. The molecule has 1 aromatic carbocycles. The van der Waals surface area contributed by atoms with Crippen LogP contribution in [0, 0.1) is 5.82 Å². The fourth-order valence-electron chi connectivity index (χ4n) is 2.81. The quantitative estimate of drug-likeness (QED) is 0.587. The number of pyridine rings is 1. The number of primary amides is 1. The molecular formula is C20H21FN4O3. The van der Waals surface area contributed by atoms with E-state index < -0.39 is 29.1 Å². The highest BCUT2D eigenvalue weighted by Gasteiger charge is 2.30. The molecule has 2 heterocycles. The molecule has 2 aromatic heterocycles. The number of ether oxygens (including phenoxy) is 1. The summed E-state index contributed by atoms with van der Waals surface area (Å²) in [6.07, 6.45) is 3.25. The van der Waals surface area contributed by atoms with Gasteiger partial charge in [-0.05, 0) is 50.6 Å². The molecule has 3 aromatic rings. The normalized spacial score (nSPS) is 12.6. The number of aromatic amines is 1. The number of nitrogens with zero attached hydrogens (tertiary/aromatic N) is 1. The van der Waals surface area contributed by atoms with Crippen LogP contribution in [0.25, 0.3) is 11.0 Å². The lowest BCUT2D eigenvalue weighted by Crippen LogP contribution is -2.46. The van der Waals surface area contributed by atoms with Crippen molar-refractivity contribution in [3.8, 4) is 11.5 Å². The Kier molecular flexibility index (Phi) is 5.04. The van der Waals surface area contributed by atoms with Crippen LogP contribution < -0.4 is 15.8 Å². The van der Waals surface area contributed by atoms with E-state index in [1.807, 2.05) is 0 Å². The first-order chi connectivity index (χ1) is 13.2. The van der Waals surface area contributed by atoms with Gasteiger partial charge in [0, 0.05) is 17.9 Å². The minimum atomic E-state index is -1.31. The lowest BCUT2D eigenvalue weighted by molar-refractivity contribution is -0.130. The number of H-pyrrole nitrogens is 1. The molecule has 8 heteroatoms. The standard InChI is InChI=1S/C20H21FN4O3/c1-20(2,3)25-19(27)16(17(22)26)11-4-5-15(13(21)10-11)28-14-7-9-24-18-12(14)6-8-23-18/h4-10,16H,1-3H3,(H2,22,26)(H,23,24)(H,25,27). The molecule has 0 fully saturated rings. The predicted molar refractivity (Wildman–Crippen MR) is 102 cm³/mol. The van der Waals surface area contributed by atoms with Crippen LogP contribution in [-0.2, 0) is 9.59 Å². The maximum absolute atomic E-state index is 14.7. The maximum atomic E-state index is 14.7. The van der Waals surface area contributed by atoms with Gasteiger partial charge in [-0.25, -0.2) is 9.37 Å². The summed E-state index contributed by atoms with van der Waals surface area (Å²) in [4.78, 5) is 31.4. The molecule has 0 aliphatic carbocycles. The van der Waals surface area contributed by atoms with E-state index in [1.54, 1.807) is 45.3 Å². The summed E-state index contributed by atoms with van der Waals surface area (Å²) in [5.74, 6) is -3.09.